The molecule has 0 radical (unpaired) electrons. The maximum Gasteiger partial charge on any atom is 0.509 e. The minimum absolute atomic E-state index is 0.0294. The Bertz CT molecular complexity index is 967. The Morgan fingerprint density at radius 3 is 2.55 bits per heavy atom. The Morgan fingerprint density at radius 1 is 1.27 bits per heavy atom. The van der Waals surface area contributed by atoms with E-state index in [4.69, 9.17) is 9.47 Å². The Hall–Kier alpha value is -1.74. The lowest BCUT2D eigenvalue weighted by molar-refractivity contribution is -0.223. The minimum Gasteiger partial charge on any atom is -0.435 e. The molecule has 0 aromatic heterocycles. The Balaban J connectivity index is 1.85. The van der Waals surface area contributed by atoms with Crippen LogP contribution in [-0.2, 0) is 19.1 Å². The third-order valence-corrected chi connectivity index (χ3v) is 9.33. The number of alkyl halides is 2. The number of thiol groups is 1. The molecule has 1 N–H and O–H groups in total. The number of aliphatic hydroxyl groups is 1. The van der Waals surface area contributed by atoms with Gasteiger partial charge in [-0.3, -0.25) is 9.59 Å². The van der Waals surface area contributed by atoms with E-state index in [0.29, 0.717) is 0 Å². The summed E-state index contributed by atoms with van der Waals surface area (Å²) in [5, 5.41) is 10.6. The second kappa shape index (κ2) is 7.63. The summed E-state index contributed by atoms with van der Waals surface area (Å²) in [6.45, 7) is 6.53. The zero-order valence-electron chi connectivity index (χ0n) is 19.1. The van der Waals surface area contributed by atoms with Crippen molar-refractivity contribution < 1.29 is 37.7 Å². The first-order valence-corrected chi connectivity index (χ1v) is 11.8. The summed E-state index contributed by atoms with van der Waals surface area (Å²) < 4.78 is 43.2. The molecule has 0 saturated heterocycles. The molecular formula is C24H30F2O6S. The molecule has 33 heavy (non-hydrogen) atoms. The van der Waals surface area contributed by atoms with Crippen LogP contribution in [0.1, 0.15) is 47.0 Å². The third-order valence-electron chi connectivity index (χ3n) is 8.99. The number of carbonyl (C=O) groups excluding carboxylic acids is 3. The molecule has 0 aliphatic heterocycles. The van der Waals surface area contributed by atoms with E-state index >= 15 is 8.78 Å². The second-order valence-corrected chi connectivity index (χ2v) is 10.7. The lowest BCUT2D eigenvalue weighted by Gasteiger charge is -2.63. The molecular weight excluding hydrogens is 454 g/mol. The molecule has 0 bridgehead atoms. The molecule has 0 spiro atoms. The van der Waals surface area contributed by atoms with Crippen LogP contribution >= 0.6 is 12.6 Å². The number of hydrogen-bond donors (Lipinski definition) is 2. The van der Waals surface area contributed by atoms with Crippen LogP contribution in [0.4, 0.5) is 13.6 Å². The van der Waals surface area contributed by atoms with Crippen molar-refractivity contribution in [2.45, 2.75) is 70.5 Å². The number of ether oxygens (including phenoxy) is 2. The van der Waals surface area contributed by atoms with Gasteiger partial charge in [-0.2, -0.15) is 0 Å². The lowest BCUT2D eigenvalue weighted by atomic mass is 9.44. The number of rotatable bonds is 3. The van der Waals surface area contributed by atoms with Crippen LogP contribution in [0.5, 0.6) is 0 Å². The van der Waals surface area contributed by atoms with Gasteiger partial charge in [-0.1, -0.05) is 19.9 Å². The van der Waals surface area contributed by atoms with Gasteiger partial charge in [-0.15, -0.1) is 12.6 Å². The van der Waals surface area contributed by atoms with Crippen molar-refractivity contribution in [1.29, 1.82) is 0 Å². The van der Waals surface area contributed by atoms with Gasteiger partial charge in [0.05, 0.1) is 12.7 Å². The number of aliphatic hydroxyl groups excluding tert-OH is 1. The van der Waals surface area contributed by atoms with Crippen LogP contribution in [0, 0.1) is 28.6 Å². The summed E-state index contributed by atoms with van der Waals surface area (Å²) in [6.07, 6.45) is -0.717. The van der Waals surface area contributed by atoms with Gasteiger partial charge in [-0.05, 0) is 56.8 Å². The minimum atomic E-state index is -2.28. The highest BCUT2D eigenvalue weighted by Crippen LogP contribution is 2.71. The average molecular weight is 485 g/mol. The van der Waals surface area contributed by atoms with E-state index in [9.17, 15) is 19.5 Å². The molecule has 9 heteroatoms. The number of allylic oxidation sites excluding steroid dienone is 4. The van der Waals surface area contributed by atoms with E-state index in [0.717, 1.165) is 6.08 Å². The highest BCUT2D eigenvalue weighted by atomic mass is 32.1. The maximum absolute atomic E-state index is 17.1. The number of hydrogen-bond acceptors (Lipinski definition) is 6. The predicted octanol–water partition coefficient (Wildman–Crippen LogP) is 3.92. The van der Waals surface area contributed by atoms with Crippen molar-refractivity contribution in [3.05, 3.63) is 23.8 Å². The molecule has 0 heterocycles. The zero-order chi connectivity index (χ0) is 24.6. The summed E-state index contributed by atoms with van der Waals surface area (Å²) in [7, 11) is 0. The topological polar surface area (TPSA) is 89.9 Å². The van der Waals surface area contributed by atoms with E-state index in [1.807, 2.05) is 0 Å². The van der Waals surface area contributed by atoms with E-state index in [1.165, 1.54) is 19.1 Å². The van der Waals surface area contributed by atoms with Crippen LogP contribution in [0.15, 0.2) is 23.8 Å². The third kappa shape index (κ3) is 2.90. The SMILES string of the molecule is CCOC(=O)O[C@]1(C(=O)S)[C@H](C)C[C@H]2[C@@H]3C[C@H](F)C4=CC(=O)C=C[C@]4(C)[C@@]3(F)[C@@H](O)C[C@@]21C. The standard InChI is InChI=1S/C24H30F2O6S/c1-5-31-20(30)32-24(19(29)33)12(2)8-14-15-10-17(25)16-9-13(27)6-7-21(16,3)23(15,26)18(28)11-22(14,24)4/h6-7,9,12,14-15,17-18,28H,5,8,10-11H2,1-4H3,(H,29,33)/t12-,14+,15+,17+,18+,21+,22+,23+,24+/m1/s1. The first-order valence-electron chi connectivity index (χ1n) is 11.3. The van der Waals surface area contributed by atoms with E-state index in [-0.39, 0.29) is 31.4 Å². The van der Waals surface area contributed by atoms with Gasteiger partial charge >= 0.3 is 6.16 Å². The van der Waals surface area contributed by atoms with Gasteiger partial charge in [-0.25, -0.2) is 13.6 Å². The van der Waals surface area contributed by atoms with Crippen LogP contribution in [0.2, 0.25) is 0 Å². The number of ketones is 1. The summed E-state index contributed by atoms with van der Waals surface area (Å²) in [4.78, 5) is 37.2. The van der Waals surface area contributed by atoms with Crippen LogP contribution in [-0.4, -0.2) is 52.3 Å². The highest BCUT2D eigenvalue weighted by Gasteiger charge is 2.78. The van der Waals surface area contributed by atoms with Crippen molar-refractivity contribution in [2.24, 2.45) is 28.6 Å². The molecule has 0 aromatic carbocycles. The average Bonchev–Trinajstić information content (AvgIpc) is 2.94. The zero-order valence-corrected chi connectivity index (χ0v) is 20.0. The van der Waals surface area contributed by atoms with Crippen LogP contribution in [0.3, 0.4) is 0 Å². The van der Waals surface area contributed by atoms with Gasteiger partial charge < -0.3 is 14.6 Å². The van der Waals surface area contributed by atoms with Crippen molar-refractivity contribution in [1.82, 2.24) is 0 Å². The van der Waals surface area contributed by atoms with E-state index < -0.39 is 69.2 Å². The fourth-order valence-corrected chi connectivity index (χ4v) is 8.04. The maximum atomic E-state index is 17.1. The molecule has 182 valence electrons. The smallest absolute Gasteiger partial charge is 0.435 e. The number of fused-ring (bicyclic) bond motifs is 5. The van der Waals surface area contributed by atoms with Crippen molar-refractivity contribution in [2.75, 3.05) is 6.61 Å². The molecule has 6 nitrogen and oxygen atoms in total. The van der Waals surface area contributed by atoms with E-state index in [1.54, 1.807) is 20.8 Å². The Labute approximate surface area is 197 Å². The normalized spacial score (nSPS) is 48.3. The summed E-state index contributed by atoms with van der Waals surface area (Å²) in [5.74, 6) is -2.56. The molecule has 0 unspecified atom stereocenters. The molecule has 3 fully saturated rings. The van der Waals surface area contributed by atoms with Gasteiger partial charge in [0.25, 0.3) is 0 Å². The largest absolute Gasteiger partial charge is 0.509 e. The molecule has 4 aliphatic carbocycles. The molecule has 4 aliphatic rings. The molecule has 0 aromatic rings. The number of carbonyl (C=O) groups is 3. The van der Waals surface area contributed by atoms with E-state index in [2.05, 4.69) is 12.6 Å². The van der Waals surface area contributed by atoms with Crippen molar-refractivity contribution in [3.63, 3.8) is 0 Å². The Morgan fingerprint density at radius 2 is 1.94 bits per heavy atom. The van der Waals surface area contributed by atoms with Crippen molar-refractivity contribution >= 4 is 29.7 Å². The fraction of sp³-hybridized carbons (Fsp3) is 0.708. The van der Waals surface area contributed by atoms with Gasteiger partial charge in [0.2, 0.25) is 5.12 Å². The number of halogens is 2. The van der Waals surface area contributed by atoms with Gasteiger partial charge in [0.15, 0.2) is 17.1 Å². The first kappa shape index (κ1) is 24.4. The second-order valence-electron chi connectivity index (χ2n) is 10.3. The lowest BCUT2D eigenvalue weighted by Crippen LogP contribution is -2.70. The van der Waals surface area contributed by atoms with Crippen molar-refractivity contribution in [3.8, 4) is 0 Å². The van der Waals surface area contributed by atoms with Gasteiger partial charge in [0, 0.05) is 22.7 Å². The quantitative estimate of drug-likeness (QED) is 0.466. The summed E-state index contributed by atoms with van der Waals surface area (Å²) in [6, 6.07) is 0. The summed E-state index contributed by atoms with van der Waals surface area (Å²) >= 11 is 4.06. The molecule has 9 atom stereocenters. The van der Waals surface area contributed by atoms with Crippen LogP contribution < -0.4 is 0 Å². The monoisotopic (exact) mass is 484 g/mol. The predicted molar refractivity (Wildman–Crippen MR) is 118 cm³/mol. The van der Waals surface area contributed by atoms with Gasteiger partial charge in [0.1, 0.15) is 6.17 Å². The molecule has 3 saturated carbocycles. The Kier molecular flexibility index (Phi) is 5.64. The molecule has 0 amide bonds. The first-order chi connectivity index (χ1) is 15.3. The highest BCUT2D eigenvalue weighted by molar-refractivity contribution is 7.96. The molecule has 4 rings (SSSR count). The summed E-state index contributed by atoms with van der Waals surface area (Å²) in [5.41, 5.74) is -6.74. The van der Waals surface area contributed by atoms with Crippen LogP contribution in [0.25, 0.3) is 0 Å². The fourth-order valence-electron chi connectivity index (χ4n) is 7.52.